The number of nitrogen functional groups attached to an aromatic ring is 1. The van der Waals surface area contributed by atoms with Crippen LogP contribution in [0.3, 0.4) is 0 Å². The molecule has 1 heterocycles. The molecule has 3 N–H and O–H groups in total. The fourth-order valence-corrected chi connectivity index (χ4v) is 2.78. The molecule has 110 valence electrons. The normalized spacial score (nSPS) is 17.4. The second-order valence-electron chi connectivity index (χ2n) is 5.99. The van der Waals surface area contributed by atoms with Gasteiger partial charge >= 0.3 is 0 Å². The molecule has 1 aliphatic heterocycles. The monoisotopic (exact) mass is 275 g/mol. The minimum absolute atomic E-state index is 0.0193. The smallest absolute Gasteiger partial charge is 0.238 e. The molecule has 0 saturated carbocycles. The van der Waals surface area contributed by atoms with Gasteiger partial charge in [0, 0.05) is 0 Å². The summed E-state index contributed by atoms with van der Waals surface area (Å²) >= 11 is 0. The Hall–Kier alpha value is -1.55. The van der Waals surface area contributed by atoms with Crippen LogP contribution >= 0.6 is 0 Å². The Bertz CT molecular complexity index is 451. The Morgan fingerprint density at radius 3 is 2.60 bits per heavy atom. The molecule has 4 nitrogen and oxygen atoms in total. The van der Waals surface area contributed by atoms with Crippen LogP contribution in [-0.2, 0) is 4.79 Å². The lowest BCUT2D eigenvalue weighted by molar-refractivity contribution is -0.117. The maximum atomic E-state index is 12.0. The molecule has 1 fully saturated rings. The summed E-state index contributed by atoms with van der Waals surface area (Å²) in [7, 11) is 0. The van der Waals surface area contributed by atoms with Crippen molar-refractivity contribution >= 4 is 17.3 Å². The Morgan fingerprint density at radius 1 is 1.35 bits per heavy atom. The van der Waals surface area contributed by atoms with Crippen LogP contribution < -0.4 is 11.1 Å². The molecule has 1 aromatic carbocycles. The summed E-state index contributed by atoms with van der Waals surface area (Å²) in [5, 5.41) is 2.89. The summed E-state index contributed by atoms with van der Waals surface area (Å²) in [6.07, 6.45) is 2.39. The van der Waals surface area contributed by atoms with Gasteiger partial charge in [-0.1, -0.05) is 26.0 Å². The summed E-state index contributed by atoms with van der Waals surface area (Å²) in [6, 6.07) is 7.36. The van der Waals surface area contributed by atoms with Crippen LogP contribution in [0.15, 0.2) is 24.3 Å². The van der Waals surface area contributed by atoms with Crippen LogP contribution in [0.4, 0.5) is 11.4 Å². The Labute approximate surface area is 121 Å². The Kier molecular flexibility index (Phi) is 5.01. The summed E-state index contributed by atoms with van der Waals surface area (Å²) in [4.78, 5) is 14.3. The predicted molar refractivity (Wildman–Crippen MR) is 83.5 cm³/mol. The van der Waals surface area contributed by atoms with E-state index in [-0.39, 0.29) is 5.91 Å². The van der Waals surface area contributed by atoms with Gasteiger partial charge in [-0.2, -0.15) is 0 Å². The molecule has 20 heavy (non-hydrogen) atoms. The molecule has 0 aromatic heterocycles. The van der Waals surface area contributed by atoms with Crippen molar-refractivity contribution in [2.24, 2.45) is 11.8 Å². The van der Waals surface area contributed by atoms with Gasteiger partial charge in [-0.3, -0.25) is 9.69 Å². The molecule has 0 spiro atoms. The van der Waals surface area contributed by atoms with Gasteiger partial charge in [-0.15, -0.1) is 0 Å². The van der Waals surface area contributed by atoms with Gasteiger partial charge in [0.05, 0.1) is 17.9 Å². The molecular formula is C16H25N3O. The number of nitrogens with one attached hydrogen (secondary N) is 1. The Morgan fingerprint density at radius 2 is 2.00 bits per heavy atom. The van der Waals surface area contributed by atoms with Crippen molar-refractivity contribution in [2.45, 2.75) is 26.7 Å². The average molecular weight is 275 g/mol. The first kappa shape index (κ1) is 14.9. The first-order chi connectivity index (χ1) is 9.56. The van der Waals surface area contributed by atoms with Gasteiger partial charge in [0.2, 0.25) is 5.91 Å². The average Bonchev–Trinajstić information content (AvgIpc) is 2.42. The molecule has 2 rings (SSSR count). The molecule has 1 aliphatic rings. The van der Waals surface area contributed by atoms with E-state index in [0.717, 1.165) is 24.9 Å². The molecule has 1 aromatic rings. The number of nitrogens with two attached hydrogens (primary N) is 1. The summed E-state index contributed by atoms with van der Waals surface area (Å²) in [5.41, 5.74) is 7.14. The Balaban J connectivity index is 1.80. The van der Waals surface area contributed by atoms with Gasteiger partial charge in [0.1, 0.15) is 0 Å². The van der Waals surface area contributed by atoms with Crippen molar-refractivity contribution in [3.05, 3.63) is 24.3 Å². The lowest BCUT2D eigenvalue weighted by Gasteiger charge is -2.33. The van der Waals surface area contributed by atoms with Gasteiger partial charge in [-0.25, -0.2) is 0 Å². The zero-order valence-corrected chi connectivity index (χ0v) is 12.4. The molecule has 1 saturated heterocycles. The second-order valence-corrected chi connectivity index (χ2v) is 5.99. The van der Waals surface area contributed by atoms with Crippen molar-refractivity contribution in [2.75, 3.05) is 30.7 Å². The molecule has 0 radical (unpaired) electrons. The minimum Gasteiger partial charge on any atom is -0.397 e. The number of nitrogens with zero attached hydrogens (tertiary/aromatic N) is 1. The van der Waals surface area contributed by atoms with E-state index < -0.39 is 0 Å². The van der Waals surface area contributed by atoms with E-state index in [1.165, 1.54) is 12.8 Å². The first-order valence-corrected chi connectivity index (χ1v) is 7.43. The van der Waals surface area contributed by atoms with Gasteiger partial charge in [0.15, 0.2) is 0 Å². The molecule has 0 bridgehead atoms. The highest BCUT2D eigenvalue weighted by atomic mass is 16.2. The van der Waals surface area contributed by atoms with E-state index in [1.807, 2.05) is 18.2 Å². The lowest BCUT2D eigenvalue weighted by atomic mass is 9.87. The van der Waals surface area contributed by atoms with E-state index in [1.54, 1.807) is 6.07 Å². The maximum absolute atomic E-state index is 12.0. The van der Waals surface area contributed by atoms with Gasteiger partial charge in [0.25, 0.3) is 0 Å². The number of hydrogen-bond acceptors (Lipinski definition) is 3. The third-order valence-electron chi connectivity index (χ3n) is 4.18. The van der Waals surface area contributed by atoms with Gasteiger partial charge < -0.3 is 11.1 Å². The van der Waals surface area contributed by atoms with E-state index in [0.29, 0.717) is 17.9 Å². The third kappa shape index (κ3) is 3.97. The van der Waals surface area contributed by atoms with E-state index in [2.05, 4.69) is 24.1 Å². The number of hydrogen-bond donors (Lipinski definition) is 2. The van der Waals surface area contributed by atoms with Crippen LogP contribution in [0.2, 0.25) is 0 Å². The standard InChI is InChI=1S/C16H25N3O/c1-12(2)13-7-9-19(10-8-13)11-16(20)18-15-6-4-3-5-14(15)17/h3-6,12-13H,7-11,17H2,1-2H3,(H,18,20). The molecular weight excluding hydrogens is 250 g/mol. The van der Waals surface area contributed by atoms with Crippen LogP contribution in [0.25, 0.3) is 0 Å². The number of piperidine rings is 1. The number of rotatable bonds is 4. The number of carbonyl (C=O) groups excluding carboxylic acids is 1. The molecule has 4 heteroatoms. The van der Waals surface area contributed by atoms with E-state index in [4.69, 9.17) is 5.73 Å². The number of anilines is 2. The number of para-hydroxylation sites is 2. The van der Waals surface area contributed by atoms with Gasteiger partial charge in [-0.05, 0) is 49.9 Å². The quantitative estimate of drug-likeness (QED) is 0.830. The number of benzene rings is 1. The third-order valence-corrected chi connectivity index (χ3v) is 4.18. The zero-order valence-electron chi connectivity index (χ0n) is 12.4. The van der Waals surface area contributed by atoms with Crippen molar-refractivity contribution in [3.8, 4) is 0 Å². The first-order valence-electron chi connectivity index (χ1n) is 7.43. The van der Waals surface area contributed by atoms with Crippen molar-refractivity contribution < 1.29 is 4.79 Å². The summed E-state index contributed by atoms with van der Waals surface area (Å²) in [5.74, 6) is 1.57. The van der Waals surface area contributed by atoms with Crippen LogP contribution in [0, 0.1) is 11.8 Å². The summed E-state index contributed by atoms with van der Waals surface area (Å²) < 4.78 is 0. The van der Waals surface area contributed by atoms with E-state index in [9.17, 15) is 4.79 Å². The van der Waals surface area contributed by atoms with Crippen LogP contribution in [0.1, 0.15) is 26.7 Å². The molecule has 1 amide bonds. The van der Waals surface area contributed by atoms with Crippen molar-refractivity contribution in [1.82, 2.24) is 4.90 Å². The maximum Gasteiger partial charge on any atom is 0.238 e. The highest BCUT2D eigenvalue weighted by Gasteiger charge is 2.22. The predicted octanol–water partition coefficient (Wildman–Crippen LogP) is 2.58. The number of amides is 1. The largest absolute Gasteiger partial charge is 0.397 e. The number of likely N-dealkylation sites (tertiary alicyclic amines) is 1. The SMILES string of the molecule is CC(C)C1CCN(CC(=O)Nc2ccccc2N)CC1. The fraction of sp³-hybridized carbons (Fsp3) is 0.562. The van der Waals surface area contributed by atoms with Crippen molar-refractivity contribution in [3.63, 3.8) is 0 Å². The number of carbonyl (C=O) groups is 1. The topological polar surface area (TPSA) is 58.4 Å². The minimum atomic E-state index is 0.0193. The van der Waals surface area contributed by atoms with Crippen LogP contribution in [-0.4, -0.2) is 30.4 Å². The molecule has 0 unspecified atom stereocenters. The lowest BCUT2D eigenvalue weighted by Crippen LogP contribution is -2.40. The van der Waals surface area contributed by atoms with Crippen LogP contribution in [0.5, 0.6) is 0 Å². The zero-order chi connectivity index (χ0) is 14.5. The molecule has 0 aliphatic carbocycles. The highest BCUT2D eigenvalue weighted by Crippen LogP contribution is 2.24. The molecule has 0 atom stereocenters. The summed E-state index contributed by atoms with van der Waals surface area (Å²) in [6.45, 7) is 7.05. The second kappa shape index (κ2) is 6.75. The highest BCUT2D eigenvalue weighted by molar-refractivity contribution is 5.95. The fourth-order valence-electron chi connectivity index (χ4n) is 2.78. The van der Waals surface area contributed by atoms with Crippen molar-refractivity contribution in [1.29, 1.82) is 0 Å². The van der Waals surface area contributed by atoms with E-state index >= 15 is 0 Å².